The van der Waals surface area contributed by atoms with Crippen LogP contribution in [0.4, 0.5) is 5.82 Å². The first kappa shape index (κ1) is 12.6. The van der Waals surface area contributed by atoms with Gasteiger partial charge in [-0.05, 0) is 34.5 Å². The summed E-state index contributed by atoms with van der Waals surface area (Å²) in [5.41, 5.74) is -1.20. The van der Waals surface area contributed by atoms with Gasteiger partial charge in [0.1, 0.15) is 11.4 Å². The Morgan fingerprint density at radius 2 is 2.33 bits per heavy atom. The molecular weight excluding hydrogens is 285 g/mol. The van der Waals surface area contributed by atoms with Crippen LogP contribution in [0.2, 0.25) is 5.28 Å². The molecule has 0 aliphatic rings. The molecule has 5 nitrogen and oxygen atoms in total. The van der Waals surface area contributed by atoms with E-state index in [-0.39, 0.29) is 18.4 Å². The van der Waals surface area contributed by atoms with Gasteiger partial charge >= 0.3 is 0 Å². The van der Waals surface area contributed by atoms with Gasteiger partial charge in [-0.25, -0.2) is 4.98 Å². The second-order valence-electron chi connectivity index (χ2n) is 3.34. The molecule has 84 valence electrons. The lowest BCUT2D eigenvalue weighted by Gasteiger charge is -2.21. The zero-order valence-electron chi connectivity index (χ0n) is 8.04. The first-order valence-electron chi connectivity index (χ1n) is 4.20. The van der Waals surface area contributed by atoms with E-state index in [2.05, 4.69) is 31.2 Å². The van der Waals surface area contributed by atoms with Gasteiger partial charge in [-0.1, -0.05) is 0 Å². The Hall–Kier alpha value is -0.430. The summed E-state index contributed by atoms with van der Waals surface area (Å²) in [4.78, 5) is 7.67. The van der Waals surface area contributed by atoms with Gasteiger partial charge in [0.15, 0.2) is 0 Å². The van der Waals surface area contributed by atoms with Crippen LogP contribution in [0.15, 0.2) is 10.7 Å². The molecule has 1 atom stereocenters. The minimum atomic E-state index is -1.20. The van der Waals surface area contributed by atoms with Gasteiger partial charge in [0.25, 0.3) is 0 Å². The van der Waals surface area contributed by atoms with Crippen molar-refractivity contribution < 1.29 is 10.2 Å². The molecule has 1 unspecified atom stereocenters. The summed E-state index contributed by atoms with van der Waals surface area (Å²) in [6, 6.07) is 0. The zero-order valence-corrected chi connectivity index (χ0v) is 10.4. The van der Waals surface area contributed by atoms with Gasteiger partial charge < -0.3 is 15.5 Å². The number of nitrogens with zero attached hydrogens (tertiary/aromatic N) is 2. The number of aliphatic hydroxyl groups is 2. The quantitative estimate of drug-likeness (QED) is 0.724. The van der Waals surface area contributed by atoms with Crippen molar-refractivity contribution in [1.29, 1.82) is 0 Å². The maximum Gasteiger partial charge on any atom is 0.224 e. The largest absolute Gasteiger partial charge is 0.393 e. The van der Waals surface area contributed by atoms with Crippen molar-refractivity contribution in [3.8, 4) is 0 Å². The Morgan fingerprint density at radius 3 is 2.93 bits per heavy atom. The van der Waals surface area contributed by atoms with Crippen molar-refractivity contribution in [3.05, 3.63) is 16.0 Å². The molecule has 1 rings (SSSR count). The van der Waals surface area contributed by atoms with Gasteiger partial charge in [-0.15, -0.1) is 0 Å². The fraction of sp³-hybridized carbons (Fsp3) is 0.500. The normalized spacial score (nSPS) is 14.7. The lowest BCUT2D eigenvalue weighted by atomic mass is 10.1. The second kappa shape index (κ2) is 5.07. The third-order valence-corrected chi connectivity index (χ3v) is 2.45. The molecule has 1 aromatic heterocycles. The van der Waals surface area contributed by atoms with Crippen molar-refractivity contribution in [2.75, 3.05) is 18.5 Å². The minimum Gasteiger partial charge on any atom is -0.393 e. The molecule has 0 aliphatic heterocycles. The number of aromatic nitrogens is 2. The van der Waals surface area contributed by atoms with Crippen LogP contribution >= 0.6 is 27.5 Å². The molecule has 1 aromatic rings. The molecule has 3 N–H and O–H groups in total. The average Bonchev–Trinajstić information content (AvgIpc) is 2.20. The molecule has 15 heavy (non-hydrogen) atoms. The van der Waals surface area contributed by atoms with Gasteiger partial charge in [-0.2, -0.15) is 4.98 Å². The Balaban J connectivity index is 2.69. The van der Waals surface area contributed by atoms with Crippen LogP contribution in [0, 0.1) is 0 Å². The Kier molecular flexibility index (Phi) is 4.27. The number of anilines is 1. The summed E-state index contributed by atoms with van der Waals surface area (Å²) in [7, 11) is 0. The summed E-state index contributed by atoms with van der Waals surface area (Å²) in [6.07, 6.45) is 1.51. The highest BCUT2D eigenvalue weighted by Crippen LogP contribution is 2.20. The number of aliphatic hydroxyl groups excluding tert-OH is 1. The van der Waals surface area contributed by atoms with Gasteiger partial charge in [-0.3, -0.25) is 0 Å². The van der Waals surface area contributed by atoms with Crippen molar-refractivity contribution in [2.45, 2.75) is 12.5 Å². The van der Waals surface area contributed by atoms with Crippen molar-refractivity contribution in [1.82, 2.24) is 9.97 Å². The standard InChI is InChI=1S/C8H11BrClN3O2/c1-8(15,4-14)3-12-6-5(9)2-11-7(10)13-6/h2,14-15H,3-4H2,1H3,(H,11,12,13). The van der Waals surface area contributed by atoms with Crippen molar-refractivity contribution in [2.24, 2.45) is 0 Å². The number of rotatable bonds is 4. The van der Waals surface area contributed by atoms with E-state index in [1.807, 2.05) is 0 Å². The summed E-state index contributed by atoms with van der Waals surface area (Å²) in [5, 5.41) is 21.3. The molecule has 0 radical (unpaired) electrons. The van der Waals surface area contributed by atoms with E-state index in [0.717, 1.165) is 0 Å². The molecule has 7 heteroatoms. The zero-order chi connectivity index (χ0) is 11.5. The summed E-state index contributed by atoms with van der Waals surface area (Å²) in [6.45, 7) is 1.34. The topological polar surface area (TPSA) is 78.3 Å². The van der Waals surface area contributed by atoms with Crippen LogP contribution in [0.1, 0.15) is 6.92 Å². The lowest BCUT2D eigenvalue weighted by Crippen LogP contribution is -2.37. The van der Waals surface area contributed by atoms with Crippen LogP contribution in [0.25, 0.3) is 0 Å². The van der Waals surface area contributed by atoms with Crippen LogP contribution in [-0.4, -0.2) is 38.9 Å². The highest BCUT2D eigenvalue weighted by molar-refractivity contribution is 9.10. The van der Waals surface area contributed by atoms with Gasteiger partial charge in [0.2, 0.25) is 5.28 Å². The van der Waals surface area contributed by atoms with Crippen LogP contribution in [-0.2, 0) is 0 Å². The Morgan fingerprint density at radius 1 is 1.67 bits per heavy atom. The molecule has 0 amide bonds. The van der Waals surface area contributed by atoms with Crippen LogP contribution < -0.4 is 5.32 Å². The van der Waals surface area contributed by atoms with E-state index < -0.39 is 5.60 Å². The van der Waals surface area contributed by atoms with Crippen molar-refractivity contribution >= 4 is 33.3 Å². The summed E-state index contributed by atoms with van der Waals surface area (Å²) < 4.78 is 0.639. The number of halogens is 2. The third kappa shape index (κ3) is 3.90. The molecule has 0 saturated heterocycles. The molecule has 0 fully saturated rings. The monoisotopic (exact) mass is 295 g/mol. The lowest BCUT2D eigenvalue weighted by molar-refractivity contribution is 0.0131. The SMILES string of the molecule is CC(O)(CO)CNc1nc(Cl)ncc1Br. The molecule has 0 bridgehead atoms. The second-order valence-corrected chi connectivity index (χ2v) is 4.54. The minimum absolute atomic E-state index is 0.115. The number of hydrogen-bond acceptors (Lipinski definition) is 5. The maximum atomic E-state index is 9.54. The van der Waals surface area contributed by atoms with E-state index in [4.69, 9.17) is 16.7 Å². The Labute approximate surface area is 101 Å². The van der Waals surface area contributed by atoms with Crippen molar-refractivity contribution in [3.63, 3.8) is 0 Å². The highest BCUT2D eigenvalue weighted by Gasteiger charge is 2.19. The smallest absolute Gasteiger partial charge is 0.224 e. The maximum absolute atomic E-state index is 9.54. The van der Waals surface area contributed by atoms with E-state index in [0.29, 0.717) is 10.3 Å². The first-order chi connectivity index (χ1) is 6.94. The van der Waals surface area contributed by atoms with E-state index in [9.17, 15) is 5.11 Å². The molecular formula is C8H11BrClN3O2. The van der Waals surface area contributed by atoms with E-state index in [1.165, 1.54) is 13.1 Å². The highest BCUT2D eigenvalue weighted by atomic mass is 79.9. The van der Waals surface area contributed by atoms with Gasteiger partial charge in [0, 0.05) is 12.7 Å². The fourth-order valence-electron chi connectivity index (χ4n) is 0.800. The van der Waals surface area contributed by atoms with E-state index >= 15 is 0 Å². The third-order valence-electron chi connectivity index (χ3n) is 1.69. The Bertz CT molecular complexity index is 349. The molecule has 0 aliphatic carbocycles. The molecule has 0 spiro atoms. The van der Waals surface area contributed by atoms with E-state index in [1.54, 1.807) is 0 Å². The fourth-order valence-corrected chi connectivity index (χ4v) is 1.26. The molecule has 0 aromatic carbocycles. The average molecular weight is 297 g/mol. The summed E-state index contributed by atoms with van der Waals surface area (Å²) >= 11 is 8.84. The number of hydrogen-bond donors (Lipinski definition) is 3. The first-order valence-corrected chi connectivity index (χ1v) is 5.37. The predicted octanol–water partition coefficient (Wildman–Crippen LogP) is 1.05. The summed E-state index contributed by atoms with van der Waals surface area (Å²) in [5.74, 6) is 0.476. The molecule has 1 heterocycles. The van der Waals surface area contributed by atoms with Crippen LogP contribution in [0.3, 0.4) is 0 Å². The van der Waals surface area contributed by atoms with Crippen LogP contribution in [0.5, 0.6) is 0 Å². The number of nitrogens with one attached hydrogen (secondary N) is 1. The molecule has 0 saturated carbocycles. The van der Waals surface area contributed by atoms with Gasteiger partial charge in [0.05, 0.1) is 11.1 Å². The predicted molar refractivity (Wildman–Crippen MR) is 60.9 cm³/mol.